The number of carbonyl (C=O) groups excluding carboxylic acids is 3. The van der Waals surface area contributed by atoms with E-state index in [-0.39, 0.29) is 19.6 Å². The zero-order chi connectivity index (χ0) is 24.9. The van der Waals surface area contributed by atoms with Crippen LogP contribution in [-0.4, -0.2) is 90.9 Å². The normalized spacial score (nSPS) is 20.1. The van der Waals surface area contributed by atoms with Gasteiger partial charge in [0.25, 0.3) is 5.91 Å². The highest BCUT2D eigenvalue weighted by atomic mass is 19.4. The van der Waals surface area contributed by atoms with Crippen LogP contribution in [0.15, 0.2) is 0 Å². The molecule has 1 rings (SSSR count). The van der Waals surface area contributed by atoms with Gasteiger partial charge in [-0.15, -0.1) is 0 Å². The van der Waals surface area contributed by atoms with Gasteiger partial charge in [0.05, 0.1) is 12.6 Å². The van der Waals surface area contributed by atoms with Crippen molar-refractivity contribution in [2.75, 3.05) is 26.8 Å². The number of rotatable bonds is 10. The summed E-state index contributed by atoms with van der Waals surface area (Å²) in [4.78, 5) is 37.9. The average molecular weight is 476 g/mol. The van der Waals surface area contributed by atoms with Crippen molar-refractivity contribution in [3.63, 3.8) is 0 Å². The Morgan fingerprint density at radius 2 is 1.81 bits per heavy atom. The van der Waals surface area contributed by atoms with Crippen molar-refractivity contribution in [1.82, 2.24) is 15.5 Å². The number of ether oxygens (including phenoxy) is 1. The van der Waals surface area contributed by atoms with E-state index in [1.54, 1.807) is 0 Å². The van der Waals surface area contributed by atoms with Gasteiger partial charge in [-0.05, 0) is 18.8 Å². The van der Waals surface area contributed by atoms with E-state index < -0.39 is 66.5 Å². The lowest BCUT2D eigenvalue weighted by molar-refractivity contribution is -0.175. The van der Waals surface area contributed by atoms with Crippen LogP contribution in [0, 0.1) is 5.92 Å². The predicted octanol–water partition coefficient (Wildman–Crippen LogP) is -0.233. The Kier molecular flexibility index (Phi) is 9.78. The van der Waals surface area contributed by atoms with Crippen molar-refractivity contribution < 1.29 is 46.2 Å². The summed E-state index contributed by atoms with van der Waals surface area (Å²) in [6.07, 6.45) is -7.10. The van der Waals surface area contributed by atoms with Gasteiger partial charge in [-0.2, -0.15) is 22.0 Å². The monoisotopic (exact) mass is 476 g/mol. The number of nitrogens with zero attached hydrogens (tertiary/aromatic N) is 1. The van der Waals surface area contributed by atoms with Crippen LogP contribution in [0.3, 0.4) is 0 Å². The zero-order valence-corrected chi connectivity index (χ0v) is 17.9. The fourth-order valence-corrected chi connectivity index (χ4v) is 3.30. The van der Waals surface area contributed by atoms with Crippen LogP contribution < -0.4 is 16.4 Å². The molecule has 0 aromatic heterocycles. The molecule has 0 spiro atoms. The number of aliphatic hydroxyl groups is 1. The van der Waals surface area contributed by atoms with E-state index in [0.717, 1.165) is 5.32 Å². The van der Waals surface area contributed by atoms with E-state index in [4.69, 9.17) is 10.5 Å². The van der Waals surface area contributed by atoms with Crippen LogP contribution in [0.2, 0.25) is 0 Å². The minimum atomic E-state index is -4.93. The number of amides is 3. The molecule has 1 fully saturated rings. The minimum absolute atomic E-state index is 0.101. The SMILES string of the molecule is COC[C@H](N)C(=O)N1CCCC1C(=O)NC(C(C)C)C(O)C(F)(F)C(=O)NCC(F)(F)F. The van der Waals surface area contributed by atoms with E-state index >= 15 is 0 Å². The summed E-state index contributed by atoms with van der Waals surface area (Å²) in [6, 6.07) is -3.78. The average Bonchev–Trinajstić information content (AvgIpc) is 3.18. The van der Waals surface area contributed by atoms with Crippen molar-refractivity contribution in [3.05, 3.63) is 0 Å². The lowest BCUT2D eigenvalue weighted by atomic mass is 9.93. The number of carbonyl (C=O) groups is 3. The quantitative estimate of drug-likeness (QED) is 0.322. The molecule has 1 saturated heterocycles. The number of hydrogen-bond donors (Lipinski definition) is 4. The van der Waals surface area contributed by atoms with Crippen LogP contribution in [0.4, 0.5) is 22.0 Å². The van der Waals surface area contributed by atoms with Crippen LogP contribution in [0.5, 0.6) is 0 Å². The Balaban J connectivity index is 2.94. The number of methoxy groups -OCH3 is 1. The Bertz CT molecular complexity index is 677. The summed E-state index contributed by atoms with van der Waals surface area (Å²) >= 11 is 0. The molecule has 1 aliphatic heterocycles. The third kappa shape index (κ3) is 7.24. The molecule has 0 saturated carbocycles. The Morgan fingerprint density at radius 1 is 1.22 bits per heavy atom. The van der Waals surface area contributed by atoms with Crippen LogP contribution in [0.1, 0.15) is 26.7 Å². The highest BCUT2D eigenvalue weighted by Crippen LogP contribution is 2.26. The van der Waals surface area contributed by atoms with E-state index in [0.29, 0.717) is 6.42 Å². The van der Waals surface area contributed by atoms with Gasteiger partial charge in [-0.1, -0.05) is 13.8 Å². The lowest BCUT2D eigenvalue weighted by Gasteiger charge is -2.34. The molecule has 5 N–H and O–H groups in total. The van der Waals surface area contributed by atoms with Crippen molar-refractivity contribution in [2.24, 2.45) is 11.7 Å². The number of alkyl halides is 5. The number of hydrogen-bond acceptors (Lipinski definition) is 6. The van der Waals surface area contributed by atoms with Crippen LogP contribution >= 0.6 is 0 Å². The maximum absolute atomic E-state index is 14.3. The van der Waals surface area contributed by atoms with Gasteiger partial charge in [0.1, 0.15) is 24.7 Å². The molecule has 14 heteroatoms. The van der Waals surface area contributed by atoms with Crippen molar-refractivity contribution in [2.45, 2.75) is 63.0 Å². The summed E-state index contributed by atoms with van der Waals surface area (Å²) in [5.74, 6) is -9.23. The fourth-order valence-electron chi connectivity index (χ4n) is 3.30. The predicted molar refractivity (Wildman–Crippen MR) is 101 cm³/mol. The highest BCUT2D eigenvalue weighted by Gasteiger charge is 2.52. The molecule has 3 amide bonds. The third-order valence-corrected chi connectivity index (χ3v) is 4.99. The fraction of sp³-hybridized carbons (Fsp3) is 0.833. The first-order valence-electron chi connectivity index (χ1n) is 9.89. The maximum Gasteiger partial charge on any atom is 0.405 e. The molecule has 0 bridgehead atoms. The second-order valence-electron chi connectivity index (χ2n) is 7.90. The second-order valence-corrected chi connectivity index (χ2v) is 7.90. The number of aliphatic hydroxyl groups excluding tert-OH is 1. The van der Waals surface area contributed by atoms with E-state index in [1.165, 1.54) is 25.9 Å². The number of halogens is 5. The van der Waals surface area contributed by atoms with Crippen LogP contribution in [0.25, 0.3) is 0 Å². The van der Waals surface area contributed by atoms with Gasteiger partial charge in [0.15, 0.2) is 0 Å². The van der Waals surface area contributed by atoms with Gasteiger partial charge >= 0.3 is 12.1 Å². The lowest BCUT2D eigenvalue weighted by Crippen LogP contribution is -2.61. The first-order valence-corrected chi connectivity index (χ1v) is 9.89. The molecule has 4 atom stereocenters. The van der Waals surface area contributed by atoms with Crippen molar-refractivity contribution >= 4 is 17.7 Å². The molecule has 1 heterocycles. The van der Waals surface area contributed by atoms with E-state index in [2.05, 4.69) is 5.32 Å². The number of nitrogens with two attached hydrogens (primary N) is 1. The standard InChI is InChI=1S/C18H29F5N4O5/c1-9(2)12(13(28)18(22,23)16(31)25-8-17(19,20)21)26-14(29)11-5-4-6-27(11)15(30)10(24)7-32-3/h9-13,28H,4-8,24H2,1-3H3,(H,25,31)(H,26,29)/t10-,11?,12?,13?/m0/s1. The number of likely N-dealkylation sites (tertiary alicyclic amines) is 1. The third-order valence-electron chi connectivity index (χ3n) is 4.99. The zero-order valence-electron chi connectivity index (χ0n) is 17.9. The molecule has 1 aliphatic rings. The first-order chi connectivity index (χ1) is 14.6. The van der Waals surface area contributed by atoms with Gasteiger partial charge in [-0.25, -0.2) is 0 Å². The molecule has 32 heavy (non-hydrogen) atoms. The van der Waals surface area contributed by atoms with E-state index in [9.17, 15) is 41.4 Å². The summed E-state index contributed by atoms with van der Waals surface area (Å²) in [5, 5.41) is 13.3. The molecule has 186 valence electrons. The van der Waals surface area contributed by atoms with Gasteiger partial charge in [0, 0.05) is 13.7 Å². The maximum atomic E-state index is 14.3. The topological polar surface area (TPSA) is 134 Å². The largest absolute Gasteiger partial charge is 0.405 e. The molecule has 0 aromatic carbocycles. The van der Waals surface area contributed by atoms with Crippen molar-refractivity contribution in [3.8, 4) is 0 Å². The summed E-state index contributed by atoms with van der Waals surface area (Å²) < 4.78 is 70.1. The molecule has 0 radical (unpaired) electrons. The Hall–Kier alpha value is -2.06. The Morgan fingerprint density at radius 3 is 2.31 bits per heavy atom. The van der Waals surface area contributed by atoms with Crippen molar-refractivity contribution in [1.29, 1.82) is 0 Å². The second kappa shape index (κ2) is 11.2. The Labute approximate surface area is 181 Å². The van der Waals surface area contributed by atoms with Crippen LogP contribution in [-0.2, 0) is 19.1 Å². The summed E-state index contributed by atoms with van der Waals surface area (Å²) in [6.45, 7) is 0.817. The van der Waals surface area contributed by atoms with Gasteiger partial charge in [0.2, 0.25) is 11.8 Å². The summed E-state index contributed by atoms with van der Waals surface area (Å²) in [5.41, 5.74) is 5.71. The molecule has 3 unspecified atom stereocenters. The first kappa shape index (κ1) is 28.0. The molecule has 0 aromatic rings. The number of nitrogens with one attached hydrogen (secondary N) is 2. The smallest absolute Gasteiger partial charge is 0.384 e. The molecule has 0 aliphatic carbocycles. The minimum Gasteiger partial charge on any atom is -0.384 e. The highest BCUT2D eigenvalue weighted by molar-refractivity contribution is 5.90. The summed E-state index contributed by atoms with van der Waals surface area (Å²) in [7, 11) is 1.33. The van der Waals surface area contributed by atoms with Gasteiger partial charge < -0.3 is 31.1 Å². The van der Waals surface area contributed by atoms with Gasteiger partial charge in [-0.3, -0.25) is 14.4 Å². The van der Waals surface area contributed by atoms with E-state index in [1.807, 2.05) is 0 Å². The molecule has 9 nitrogen and oxygen atoms in total. The molecular weight excluding hydrogens is 447 g/mol. The molecular formula is C18H29F5N4O5.